The van der Waals surface area contributed by atoms with Crippen molar-refractivity contribution in [3.63, 3.8) is 0 Å². The molecule has 21 heavy (non-hydrogen) atoms. The Kier molecular flexibility index (Phi) is 4.25. The van der Waals surface area contributed by atoms with E-state index in [9.17, 15) is 4.79 Å². The van der Waals surface area contributed by atoms with Crippen LogP contribution in [0.1, 0.15) is 25.7 Å². The predicted octanol–water partition coefficient (Wildman–Crippen LogP) is 2.50. The van der Waals surface area contributed by atoms with E-state index in [1.165, 1.54) is 19.3 Å². The lowest BCUT2D eigenvalue weighted by molar-refractivity contribution is 0.430. The molecule has 1 aliphatic rings. The molecule has 0 spiro atoms. The molecule has 112 valence electrons. The van der Waals surface area contributed by atoms with Gasteiger partial charge in [-0.05, 0) is 56.8 Å². The molecular formula is C17H23N3O. The van der Waals surface area contributed by atoms with Gasteiger partial charge in [0.2, 0.25) is 0 Å². The van der Waals surface area contributed by atoms with Crippen molar-refractivity contribution >= 4 is 16.6 Å². The summed E-state index contributed by atoms with van der Waals surface area (Å²) in [5, 5.41) is 5.02. The van der Waals surface area contributed by atoms with Crippen LogP contribution in [0.5, 0.6) is 0 Å². The first-order valence-corrected chi connectivity index (χ1v) is 7.83. The lowest BCUT2D eigenvalue weighted by Gasteiger charge is -2.37. The Bertz CT molecular complexity index is 664. The summed E-state index contributed by atoms with van der Waals surface area (Å²) in [5.41, 5.74) is 0.0149. The van der Waals surface area contributed by atoms with Gasteiger partial charge in [-0.15, -0.1) is 0 Å². The lowest BCUT2D eigenvalue weighted by Crippen LogP contribution is -2.42. The van der Waals surface area contributed by atoms with Crippen molar-refractivity contribution in [2.75, 3.05) is 25.0 Å². The van der Waals surface area contributed by atoms with Gasteiger partial charge in [-0.2, -0.15) is 0 Å². The zero-order chi connectivity index (χ0) is 14.7. The molecule has 1 unspecified atom stereocenters. The van der Waals surface area contributed by atoms with Crippen LogP contribution in [0.15, 0.2) is 35.1 Å². The molecule has 0 radical (unpaired) electrons. The maximum atomic E-state index is 12.3. The van der Waals surface area contributed by atoms with Gasteiger partial charge in [0, 0.05) is 18.0 Å². The van der Waals surface area contributed by atoms with Crippen LogP contribution in [0.3, 0.4) is 0 Å². The van der Waals surface area contributed by atoms with Crippen molar-refractivity contribution in [1.82, 2.24) is 10.3 Å². The molecule has 1 fully saturated rings. The molecule has 1 atom stereocenters. The zero-order valence-corrected chi connectivity index (χ0v) is 12.6. The first kappa shape index (κ1) is 14.1. The van der Waals surface area contributed by atoms with Gasteiger partial charge in [-0.3, -0.25) is 4.79 Å². The van der Waals surface area contributed by atoms with Crippen molar-refractivity contribution in [2.45, 2.75) is 31.7 Å². The standard InChI is InChI=1S/C17H23N3O/c1-18-10-9-14-7-4-5-11-20(14)16-12-13-6-2-3-8-15(13)17(21)19-16/h2-3,6,8,12,14,18H,4-5,7,9-11H2,1H3,(H,19,21). The van der Waals surface area contributed by atoms with Crippen molar-refractivity contribution in [3.05, 3.63) is 40.7 Å². The number of hydrogen-bond acceptors (Lipinski definition) is 3. The number of benzene rings is 1. The van der Waals surface area contributed by atoms with E-state index in [-0.39, 0.29) is 5.56 Å². The van der Waals surface area contributed by atoms with Gasteiger partial charge in [-0.25, -0.2) is 0 Å². The second kappa shape index (κ2) is 6.31. The number of rotatable bonds is 4. The van der Waals surface area contributed by atoms with E-state index in [2.05, 4.69) is 21.3 Å². The van der Waals surface area contributed by atoms with E-state index in [1.807, 2.05) is 31.3 Å². The minimum Gasteiger partial charge on any atom is -0.355 e. The van der Waals surface area contributed by atoms with Crippen LogP contribution in [0.25, 0.3) is 10.8 Å². The summed E-state index contributed by atoms with van der Waals surface area (Å²) in [6.07, 6.45) is 4.80. The second-order valence-corrected chi connectivity index (χ2v) is 5.81. The van der Waals surface area contributed by atoms with Crippen LogP contribution in [-0.4, -0.2) is 31.2 Å². The first-order valence-electron chi connectivity index (χ1n) is 7.83. The number of hydrogen-bond donors (Lipinski definition) is 2. The van der Waals surface area contributed by atoms with Crippen molar-refractivity contribution < 1.29 is 0 Å². The van der Waals surface area contributed by atoms with Crippen LogP contribution in [0.4, 0.5) is 5.82 Å². The van der Waals surface area contributed by atoms with Crippen molar-refractivity contribution in [1.29, 1.82) is 0 Å². The molecule has 0 saturated carbocycles. The number of anilines is 1. The van der Waals surface area contributed by atoms with Crippen LogP contribution in [0, 0.1) is 0 Å². The number of H-pyrrole nitrogens is 1. The molecule has 2 aromatic rings. The molecule has 1 aromatic heterocycles. The Morgan fingerprint density at radius 2 is 2.19 bits per heavy atom. The van der Waals surface area contributed by atoms with E-state index in [0.717, 1.165) is 36.1 Å². The Morgan fingerprint density at radius 1 is 1.33 bits per heavy atom. The maximum absolute atomic E-state index is 12.3. The predicted molar refractivity (Wildman–Crippen MR) is 88.1 cm³/mol. The van der Waals surface area contributed by atoms with Crippen LogP contribution < -0.4 is 15.8 Å². The smallest absolute Gasteiger partial charge is 0.257 e. The van der Waals surface area contributed by atoms with Gasteiger partial charge in [-0.1, -0.05) is 18.2 Å². The summed E-state index contributed by atoms with van der Waals surface area (Å²) in [7, 11) is 1.99. The summed E-state index contributed by atoms with van der Waals surface area (Å²) < 4.78 is 0. The molecule has 1 saturated heterocycles. The fourth-order valence-corrected chi connectivity index (χ4v) is 3.28. The molecule has 0 bridgehead atoms. The summed E-state index contributed by atoms with van der Waals surface area (Å²) in [6, 6.07) is 10.4. The Labute approximate surface area is 125 Å². The van der Waals surface area contributed by atoms with Gasteiger partial charge >= 0.3 is 0 Å². The van der Waals surface area contributed by atoms with Gasteiger partial charge < -0.3 is 15.2 Å². The fourth-order valence-electron chi connectivity index (χ4n) is 3.28. The monoisotopic (exact) mass is 285 g/mol. The molecule has 1 aliphatic heterocycles. The molecule has 2 heterocycles. The third-order valence-corrected chi connectivity index (χ3v) is 4.40. The maximum Gasteiger partial charge on any atom is 0.257 e. The number of aromatic amines is 1. The molecule has 4 heteroatoms. The zero-order valence-electron chi connectivity index (χ0n) is 12.6. The number of aromatic nitrogens is 1. The minimum absolute atomic E-state index is 0.0149. The highest BCUT2D eigenvalue weighted by Crippen LogP contribution is 2.26. The third-order valence-electron chi connectivity index (χ3n) is 4.40. The normalized spacial score (nSPS) is 19.1. The molecule has 1 aromatic carbocycles. The number of fused-ring (bicyclic) bond motifs is 1. The van der Waals surface area contributed by atoms with Crippen molar-refractivity contribution in [3.8, 4) is 0 Å². The number of nitrogens with zero attached hydrogens (tertiary/aromatic N) is 1. The van der Waals surface area contributed by atoms with E-state index in [0.29, 0.717) is 6.04 Å². The molecule has 0 amide bonds. The SMILES string of the molecule is CNCCC1CCCCN1c1cc2ccccc2c(=O)[nH]1. The molecule has 3 rings (SSSR count). The number of piperidine rings is 1. The molecule has 0 aliphatic carbocycles. The topological polar surface area (TPSA) is 48.1 Å². The highest BCUT2D eigenvalue weighted by atomic mass is 16.1. The minimum atomic E-state index is 0.0149. The third kappa shape index (κ3) is 2.95. The van der Waals surface area contributed by atoms with Gasteiger partial charge in [0.1, 0.15) is 5.82 Å². The number of nitrogens with one attached hydrogen (secondary N) is 2. The van der Waals surface area contributed by atoms with Crippen LogP contribution >= 0.6 is 0 Å². The van der Waals surface area contributed by atoms with Crippen LogP contribution in [0.2, 0.25) is 0 Å². The Morgan fingerprint density at radius 3 is 3.05 bits per heavy atom. The summed E-state index contributed by atoms with van der Waals surface area (Å²) in [5.74, 6) is 0.972. The van der Waals surface area contributed by atoms with E-state index in [1.54, 1.807) is 0 Å². The highest BCUT2D eigenvalue weighted by Gasteiger charge is 2.23. The second-order valence-electron chi connectivity index (χ2n) is 5.81. The first-order chi connectivity index (χ1) is 10.3. The fraction of sp³-hybridized carbons (Fsp3) is 0.471. The van der Waals surface area contributed by atoms with E-state index >= 15 is 0 Å². The average molecular weight is 285 g/mol. The largest absolute Gasteiger partial charge is 0.355 e. The van der Waals surface area contributed by atoms with E-state index < -0.39 is 0 Å². The molecule has 4 nitrogen and oxygen atoms in total. The lowest BCUT2D eigenvalue weighted by atomic mass is 9.99. The summed E-state index contributed by atoms with van der Waals surface area (Å²) in [4.78, 5) is 17.7. The van der Waals surface area contributed by atoms with Gasteiger partial charge in [0.15, 0.2) is 0 Å². The van der Waals surface area contributed by atoms with Crippen molar-refractivity contribution in [2.24, 2.45) is 0 Å². The average Bonchev–Trinajstić information content (AvgIpc) is 2.53. The number of pyridine rings is 1. The summed E-state index contributed by atoms with van der Waals surface area (Å²) in [6.45, 7) is 2.04. The Balaban J connectivity index is 1.95. The van der Waals surface area contributed by atoms with Crippen LogP contribution in [-0.2, 0) is 0 Å². The molecular weight excluding hydrogens is 262 g/mol. The summed E-state index contributed by atoms with van der Waals surface area (Å²) >= 11 is 0. The van der Waals surface area contributed by atoms with E-state index in [4.69, 9.17) is 0 Å². The van der Waals surface area contributed by atoms with Gasteiger partial charge in [0.05, 0.1) is 0 Å². The quantitative estimate of drug-likeness (QED) is 0.907. The highest BCUT2D eigenvalue weighted by molar-refractivity contribution is 5.83. The molecule has 2 N–H and O–H groups in total. The van der Waals surface area contributed by atoms with Gasteiger partial charge in [0.25, 0.3) is 5.56 Å². The Hall–Kier alpha value is -1.81.